The van der Waals surface area contributed by atoms with Crippen molar-refractivity contribution in [2.45, 2.75) is 19.6 Å². The van der Waals surface area contributed by atoms with E-state index in [1.54, 1.807) is 12.1 Å². The number of halogens is 1. The van der Waals surface area contributed by atoms with Crippen LogP contribution in [0.1, 0.15) is 0 Å². The summed E-state index contributed by atoms with van der Waals surface area (Å²) in [5.41, 5.74) is 0. The summed E-state index contributed by atoms with van der Waals surface area (Å²) in [4.78, 5) is 2.44. The van der Waals surface area contributed by atoms with E-state index in [0.717, 1.165) is 14.7 Å². The van der Waals surface area contributed by atoms with Crippen molar-refractivity contribution in [1.82, 2.24) is 0 Å². The summed E-state index contributed by atoms with van der Waals surface area (Å²) in [7, 11) is -6.67. The third-order valence-corrected chi connectivity index (χ3v) is 9.96. The smallest absolute Gasteiger partial charge is 0.203 e. The van der Waals surface area contributed by atoms with Crippen LogP contribution in [0.4, 0.5) is 0 Å². The van der Waals surface area contributed by atoms with Crippen LogP contribution < -0.4 is 0 Å². The molecule has 0 aliphatic carbocycles. The first-order chi connectivity index (χ1) is 14.5. The van der Waals surface area contributed by atoms with E-state index in [1.807, 2.05) is 91.0 Å². The van der Waals surface area contributed by atoms with Crippen LogP contribution in [0.3, 0.4) is 0 Å². The summed E-state index contributed by atoms with van der Waals surface area (Å²) in [6.07, 6.45) is 0. The van der Waals surface area contributed by atoms with Crippen LogP contribution in [0.15, 0.2) is 135 Å². The van der Waals surface area contributed by atoms with Gasteiger partial charge in [-0.05, 0) is 71.0 Å². The second kappa shape index (κ2) is 8.66. The van der Waals surface area contributed by atoms with Crippen LogP contribution in [0, 0.1) is 0 Å². The van der Waals surface area contributed by atoms with Crippen LogP contribution in [0.2, 0.25) is 5.02 Å². The predicted octanol–water partition coefficient (Wildman–Crippen LogP) is 6.94. The molecule has 0 aliphatic rings. The Morgan fingerprint density at radius 3 is 1.23 bits per heavy atom. The molecule has 0 radical (unpaired) electrons. The van der Waals surface area contributed by atoms with E-state index < -0.39 is 20.4 Å². The highest BCUT2D eigenvalue weighted by Gasteiger charge is 2.38. The van der Waals surface area contributed by atoms with Crippen molar-refractivity contribution in [2.24, 2.45) is 0 Å². The molecule has 30 heavy (non-hydrogen) atoms. The zero-order valence-electron chi connectivity index (χ0n) is 15.9. The van der Waals surface area contributed by atoms with Gasteiger partial charge in [0.2, 0.25) is 0 Å². The number of hydrogen-bond donors (Lipinski definition) is 0. The second-order valence-corrected chi connectivity index (χ2v) is 11.4. The summed E-state index contributed by atoms with van der Waals surface area (Å²) >= 11 is 5.95. The van der Waals surface area contributed by atoms with Gasteiger partial charge in [-0.15, -0.1) is 0 Å². The highest BCUT2D eigenvalue weighted by Crippen LogP contribution is 2.70. The monoisotopic (exact) mass is 454 g/mol. The average molecular weight is 455 g/mol. The van der Waals surface area contributed by atoms with Gasteiger partial charge in [0.15, 0.2) is 0 Å². The van der Waals surface area contributed by atoms with Gasteiger partial charge in [-0.25, -0.2) is 3.63 Å². The van der Waals surface area contributed by atoms with E-state index in [1.165, 1.54) is 12.1 Å². The lowest BCUT2D eigenvalue weighted by molar-refractivity contribution is 0.508. The van der Waals surface area contributed by atoms with Gasteiger partial charge in [0.05, 0.1) is 4.90 Å². The first-order valence-corrected chi connectivity index (χ1v) is 12.6. The third kappa shape index (κ3) is 4.02. The van der Waals surface area contributed by atoms with E-state index in [4.69, 9.17) is 15.2 Å². The molecule has 0 N–H and O–H groups in total. The van der Waals surface area contributed by atoms with E-state index in [9.17, 15) is 8.42 Å². The van der Waals surface area contributed by atoms with Crippen molar-refractivity contribution in [2.75, 3.05) is 0 Å². The predicted molar refractivity (Wildman–Crippen MR) is 121 cm³/mol. The SMILES string of the molecule is O=S(=O)(OS(c1ccccc1)(c1ccccc1)c1ccccc1)c1ccc(Cl)cc1. The Bertz CT molecular complexity index is 1120. The minimum atomic E-state index is -4.10. The average Bonchev–Trinajstić information content (AvgIpc) is 2.79. The Labute approximate surface area is 183 Å². The van der Waals surface area contributed by atoms with E-state index in [2.05, 4.69) is 0 Å². The Morgan fingerprint density at radius 1 is 0.500 bits per heavy atom. The molecule has 4 rings (SSSR count). The van der Waals surface area contributed by atoms with Crippen LogP contribution in [-0.2, 0) is 13.7 Å². The van der Waals surface area contributed by atoms with Gasteiger partial charge < -0.3 is 0 Å². The highest BCUT2D eigenvalue weighted by atomic mass is 35.5. The summed E-state index contributed by atoms with van der Waals surface area (Å²) < 4.78 is 33.1. The lowest BCUT2D eigenvalue weighted by Crippen LogP contribution is -2.14. The van der Waals surface area contributed by atoms with Gasteiger partial charge in [-0.2, -0.15) is 8.42 Å². The molecular weight excluding hydrogens is 436 g/mol. The molecule has 3 nitrogen and oxygen atoms in total. The zero-order valence-corrected chi connectivity index (χ0v) is 18.3. The van der Waals surface area contributed by atoms with Crippen LogP contribution in [0.25, 0.3) is 0 Å². The molecule has 0 spiro atoms. The second-order valence-electron chi connectivity index (χ2n) is 6.47. The molecule has 0 saturated carbocycles. The Kier molecular flexibility index (Phi) is 5.97. The molecule has 0 atom stereocenters. The lowest BCUT2D eigenvalue weighted by Gasteiger charge is -2.39. The molecular formula is C24H19ClO3S2. The zero-order chi connectivity index (χ0) is 21.0. The quantitative estimate of drug-likeness (QED) is 0.317. The fourth-order valence-electron chi connectivity index (χ4n) is 3.14. The Morgan fingerprint density at radius 2 is 0.867 bits per heavy atom. The molecule has 0 fully saturated rings. The van der Waals surface area contributed by atoms with Crippen molar-refractivity contribution in [3.63, 3.8) is 0 Å². The maximum Gasteiger partial charge on any atom is 0.307 e. The largest absolute Gasteiger partial charge is 0.307 e. The number of rotatable bonds is 6. The molecule has 152 valence electrons. The Balaban J connectivity index is 1.99. The van der Waals surface area contributed by atoms with Crippen LogP contribution >= 0.6 is 21.9 Å². The maximum atomic E-state index is 13.4. The van der Waals surface area contributed by atoms with E-state index >= 15 is 0 Å². The summed E-state index contributed by atoms with van der Waals surface area (Å²) in [6.45, 7) is 0. The summed E-state index contributed by atoms with van der Waals surface area (Å²) in [5.74, 6) is 0. The van der Waals surface area contributed by atoms with Crippen LogP contribution in [-0.4, -0.2) is 8.42 Å². The molecule has 6 heteroatoms. The summed E-state index contributed by atoms with van der Waals surface area (Å²) in [5, 5.41) is 0.460. The normalized spacial score (nSPS) is 12.4. The van der Waals surface area contributed by atoms with Gasteiger partial charge in [-0.1, -0.05) is 66.2 Å². The van der Waals surface area contributed by atoms with Crippen molar-refractivity contribution >= 4 is 32.0 Å². The van der Waals surface area contributed by atoms with Gasteiger partial charge in [0.25, 0.3) is 0 Å². The fraction of sp³-hybridized carbons (Fsp3) is 0. The number of hydrogen-bond acceptors (Lipinski definition) is 3. The fourth-order valence-corrected chi connectivity index (χ4v) is 8.50. The van der Waals surface area contributed by atoms with Crippen LogP contribution in [0.5, 0.6) is 0 Å². The minimum Gasteiger partial charge on any atom is -0.203 e. The number of benzene rings is 4. The van der Waals surface area contributed by atoms with Crippen molar-refractivity contribution < 1.29 is 12.0 Å². The molecule has 0 amide bonds. The molecule has 0 heterocycles. The first kappa shape index (κ1) is 20.7. The third-order valence-electron chi connectivity index (χ3n) is 4.52. The summed E-state index contributed by atoms with van der Waals surface area (Å²) in [6, 6.07) is 34.5. The lowest BCUT2D eigenvalue weighted by atomic mass is 10.4. The van der Waals surface area contributed by atoms with Crippen molar-refractivity contribution in [3.05, 3.63) is 120 Å². The molecule has 4 aromatic carbocycles. The molecule has 0 saturated heterocycles. The Hall–Kier alpha value is -2.57. The molecule has 0 bridgehead atoms. The molecule has 4 aromatic rings. The topological polar surface area (TPSA) is 43.4 Å². The maximum absolute atomic E-state index is 13.4. The molecule has 0 aliphatic heterocycles. The van der Waals surface area contributed by atoms with Gasteiger partial charge >= 0.3 is 10.1 Å². The van der Waals surface area contributed by atoms with E-state index in [-0.39, 0.29) is 4.90 Å². The van der Waals surface area contributed by atoms with Gasteiger partial charge in [-0.3, -0.25) is 0 Å². The minimum absolute atomic E-state index is 0.0616. The first-order valence-electron chi connectivity index (χ1n) is 9.23. The van der Waals surface area contributed by atoms with Crippen molar-refractivity contribution in [1.29, 1.82) is 0 Å². The van der Waals surface area contributed by atoms with Crippen molar-refractivity contribution in [3.8, 4) is 0 Å². The standard InChI is InChI=1S/C24H19ClO3S2/c25-20-16-18-24(19-17-20)30(26,27)28-29(21-10-4-1-5-11-21,22-12-6-2-7-13-22)23-14-8-3-9-15-23/h1-19H. The molecule has 0 aromatic heterocycles. The molecule has 0 unspecified atom stereocenters. The highest BCUT2D eigenvalue weighted by molar-refractivity contribution is 8.33. The van der Waals surface area contributed by atoms with E-state index in [0.29, 0.717) is 5.02 Å². The van der Waals surface area contributed by atoms with Gasteiger partial charge in [0.1, 0.15) is 0 Å². The van der Waals surface area contributed by atoms with Gasteiger partial charge in [0, 0.05) is 19.7 Å².